The van der Waals surface area contributed by atoms with Gasteiger partial charge in [0.05, 0.1) is 5.75 Å². The standard InChI is InChI=1S/C14H19N3OS/c1-3-4-5-13-16-14(18-17-13)9-19-12-8-11(15)7-6-10(12)2/h6-8H,3-5,9,15H2,1-2H3. The highest BCUT2D eigenvalue weighted by Gasteiger charge is 2.07. The van der Waals surface area contributed by atoms with Crippen molar-refractivity contribution in [2.75, 3.05) is 5.73 Å². The van der Waals surface area contributed by atoms with E-state index in [1.165, 1.54) is 5.56 Å². The van der Waals surface area contributed by atoms with Crippen LogP contribution in [-0.4, -0.2) is 10.1 Å². The third kappa shape index (κ3) is 3.99. The maximum absolute atomic E-state index is 5.79. The van der Waals surface area contributed by atoms with Gasteiger partial charge in [-0.05, 0) is 31.0 Å². The van der Waals surface area contributed by atoms with Crippen molar-refractivity contribution in [1.82, 2.24) is 10.1 Å². The Morgan fingerprint density at radius 3 is 3.00 bits per heavy atom. The Morgan fingerprint density at radius 2 is 2.21 bits per heavy atom. The number of aromatic nitrogens is 2. The van der Waals surface area contributed by atoms with Crippen LogP contribution >= 0.6 is 11.8 Å². The molecule has 2 aromatic rings. The third-order valence-electron chi connectivity index (χ3n) is 2.83. The SMILES string of the molecule is CCCCc1noc(CSc2cc(N)ccc2C)n1. The van der Waals surface area contributed by atoms with Crippen molar-refractivity contribution in [3.05, 3.63) is 35.5 Å². The van der Waals surface area contributed by atoms with Gasteiger partial charge in [0.25, 0.3) is 0 Å². The Morgan fingerprint density at radius 1 is 1.37 bits per heavy atom. The average molecular weight is 277 g/mol. The summed E-state index contributed by atoms with van der Waals surface area (Å²) >= 11 is 1.68. The quantitative estimate of drug-likeness (QED) is 0.645. The first-order chi connectivity index (χ1) is 9.19. The number of hydrogen-bond donors (Lipinski definition) is 1. The molecule has 0 bridgehead atoms. The molecule has 0 saturated heterocycles. The van der Waals surface area contributed by atoms with Crippen molar-refractivity contribution in [2.45, 2.75) is 43.8 Å². The van der Waals surface area contributed by atoms with E-state index in [2.05, 4.69) is 24.0 Å². The zero-order valence-electron chi connectivity index (χ0n) is 11.3. The van der Waals surface area contributed by atoms with Gasteiger partial charge in [-0.25, -0.2) is 0 Å². The molecule has 0 aliphatic rings. The number of aryl methyl sites for hydroxylation is 2. The van der Waals surface area contributed by atoms with E-state index in [9.17, 15) is 0 Å². The van der Waals surface area contributed by atoms with Gasteiger partial charge in [0.2, 0.25) is 5.89 Å². The molecule has 2 N–H and O–H groups in total. The van der Waals surface area contributed by atoms with Crippen LogP contribution in [0.1, 0.15) is 37.0 Å². The lowest BCUT2D eigenvalue weighted by molar-refractivity contribution is 0.384. The molecule has 0 aliphatic carbocycles. The van der Waals surface area contributed by atoms with E-state index in [1.807, 2.05) is 18.2 Å². The molecule has 0 saturated carbocycles. The second kappa shape index (κ2) is 6.61. The maximum Gasteiger partial charge on any atom is 0.237 e. The van der Waals surface area contributed by atoms with E-state index in [0.29, 0.717) is 11.6 Å². The number of rotatable bonds is 6. The molecule has 0 unspecified atom stereocenters. The van der Waals surface area contributed by atoms with Crippen molar-refractivity contribution >= 4 is 17.4 Å². The summed E-state index contributed by atoms with van der Waals surface area (Å²) in [6, 6.07) is 5.92. The van der Waals surface area contributed by atoms with Crippen LogP contribution in [-0.2, 0) is 12.2 Å². The summed E-state index contributed by atoms with van der Waals surface area (Å²) in [5.74, 6) is 2.17. The van der Waals surface area contributed by atoms with Gasteiger partial charge in [0.1, 0.15) is 0 Å². The lowest BCUT2D eigenvalue weighted by Gasteiger charge is -2.04. The van der Waals surface area contributed by atoms with Gasteiger partial charge in [-0.2, -0.15) is 4.98 Å². The van der Waals surface area contributed by atoms with Gasteiger partial charge < -0.3 is 10.3 Å². The highest BCUT2D eigenvalue weighted by molar-refractivity contribution is 7.98. The number of nitrogens with zero attached hydrogens (tertiary/aromatic N) is 2. The second-order valence-electron chi connectivity index (χ2n) is 4.52. The highest BCUT2D eigenvalue weighted by Crippen LogP contribution is 2.27. The first kappa shape index (κ1) is 13.9. The lowest BCUT2D eigenvalue weighted by atomic mass is 10.2. The van der Waals surface area contributed by atoms with Crippen LogP contribution in [0, 0.1) is 6.92 Å². The normalized spacial score (nSPS) is 10.8. The monoisotopic (exact) mass is 277 g/mol. The molecule has 0 spiro atoms. The molecule has 0 atom stereocenters. The molecule has 1 aromatic heterocycles. The predicted molar refractivity (Wildman–Crippen MR) is 78.1 cm³/mol. The average Bonchev–Trinajstić information content (AvgIpc) is 2.85. The van der Waals surface area contributed by atoms with E-state index in [-0.39, 0.29) is 0 Å². The molecule has 0 fully saturated rings. The first-order valence-electron chi connectivity index (χ1n) is 6.49. The van der Waals surface area contributed by atoms with Gasteiger partial charge >= 0.3 is 0 Å². The van der Waals surface area contributed by atoms with Gasteiger partial charge in [-0.3, -0.25) is 0 Å². The molecular weight excluding hydrogens is 258 g/mol. The minimum absolute atomic E-state index is 0.679. The zero-order valence-corrected chi connectivity index (χ0v) is 12.2. The number of unbranched alkanes of at least 4 members (excludes halogenated alkanes) is 1. The molecule has 0 radical (unpaired) electrons. The molecule has 1 heterocycles. The molecule has 5 heteroatoms. The first-order valence-corrected chi connectivity index (χ1v) is 7.48. The number of nitrogens with two attached hydrogens (primary N) is 1. The van der Waals surface area contributed by atoms with Gasteiger partial charge in [0, 0.05) is 17.0 Å². The third-order valence-corrected chi connectivity index (χ3v) is 3.97. The Balaban J connectivity index is 1.94. The minimum atomic E-state index is 0.679. The minimum Gasteiger partial charge on any atom is -0.399 e. The predicted octanol–water partition coefficient (Wildman–Crippen LogP) is 3.60. The van der Waals surface area contributed by atoms with Gasteiger partial charge in [0.15, 0.2) is 5.82 Å². The van der Waals surface area contributed by atoms with Gasteiger partial charge in [-0.15, -0.1) is 11.8 Å². The summed E-state index contributed by atoms with van der Waals surface area (Å²) < 4.78 is 5.24. The highest BCUT2D eigenvalue weighted by atomic mass is 32.2. The molecule has 2 rings (SSSR count). The second-order valence-corrected chi connectivity index (χ2v) is 5.54. The number of hydrogen-bond acceptors (Lipinski definition) is 5. The summed E-state index contributed by atoms with van der Waals surface area (Å²) in [5, 5.41) is 3.98. The Bertz CT molecular complexity index is 539. The molecule has 19 heavy (non-hydrogen) atoms. The van der Waals surface area contributed by atoms with E-state index in [0.717, 1.165) is 35.7 Å². The largest absolute Gasteiger partial charge is 0.399 e. The lowest BCUT2D eigenvalue weighted by Crippen LogP contribution is -1.89. The fraction of sp³-hybridized carbons (Fsp3) is 0.429. The fourth-order valence-electron chi connectivity index (χ4n) is 1.70. The van der Waals surface area contributed by atoms with Crippen LogP contribution in [0.3, 0.4) is 0 Å². The molecule has 0 aliphatic heterocycles. The smallest absolute Gasteiger partial charge is 0.237 e. The van der Waals surface area contributed by atoms with Crippen LogP contribution in [0.25, 0.3) is 0 Å². The fourth-order valence-corrected chi connectivity index (χ4v) is 2.61. The number of anilines is 1. The van der Waals surface area contributed by atoms with E-state index < -0.39 is 0 Å². The van der Waals surface area contributed by atoms with Crippen LogP contribution in [0.5, 0.6) is 0 Å². The maximum atomic E-state index is 5.79. The van der Waals surface area contributed by atoms with Crippen molar-refractivity contribution in [2.24, 2.45) is 0 Å². The van der Waals surface area contributed by atoms with Crippen molar-refractivity contribution in [3.63, 3.8) is 0 Å². The van der Waals surface area contributed by atoms with Gasteiger partial charge in [-0.1, -0.05) is 24.6 Å². The van der Waals surface area contributed by atoms with E-state index >= 15 is 0 Å². The number of thioether (sulfide) groups is 1. The van der Waals surface area contributed by atoms with Crippen molar-refractivity contribution < 1.29 is 4.52 Å². The van der Waals surface area contributed by atoms with Crippen LogP contribution in [0.4, 0.5) is 5.69 Å². The van der Waals surface area contributed by atoms with Crippen molar-refractivity contribution in [3.8, 4) is 0 Å². The number of benzene rings is 1. The summed E-state index contributed by atoms with van der Waals surface area (Å²) in [5.41, 5.74) is 7.78. The van der Waals surface area contributed by atoms with Crippen molar-refractivity contribution in [1.29, 1.82) is 0 Å². The van der Waals surface area contributed by atoms with E-state index in [4.69, 9.17) is 10.3 Å². The Hall–Kier alpha value is -1.49. The van der Waals surface area contributed by atoms with Crippen LogP contribution < -0.4 is 5.73 Å². The summed E-state index contributed by atoms with van der Waals surface area (Å²) in [7, 11) is 0. The Labute approximate surface area is 117 Å². The van der Waals surface area contributed by atoms with Crippen LogP contribution in [0.15, 0.2) is 27.6 Å². The zero-order chi connectivity index (χ0) is 13.7. The summed E-state index contributed by atoms with van der Waals surface area (Å²) in [6.07, 6.45) is 3.13. The Kier molecular flexibility index (Phi) is 4.85. The molecule has 4 nitrogen and oxygen atoms in total. The topological polar surface area (TPSA) is 64.9 Å². The van der Waals surface area contributed by atoms with Crippen LogP contribution in [0.2, 0.25) is 0 Å². The molecule has 102 valence electrons. The molecule has 0 amide bonds. The molecular formula is C14H19N3OS. The summed E-state index contributed by atoms with van der Waals surface area (Å²) in [4.78, 5) is 5.55. The van der Waals surface area contributed by atoms with E-state index in [1.54, 1.807) is 11.8 Å². The number of nitrogen functional groups attached to an aromatic ring is 1. The summed E-state index contributed by atoms with van der Waals surface area (Å²) in [6.45, 7) is 4.22. The molecule has 1 aromatic carbocycles.